The van der Waals surface area contributed by atoms with Crippen molar-refractivity contribution in [2.75, 3.05) is 6.54 Å². The van der Waals surface area contributed by atoms with Crippen LogP contribution < -0.4 is 5.32 Å². The number of hydrogen-bond donors (Lipinski definition) is 2. The van der Waals surface area contributed by atoms with Gasteiger partial charge >= 0.3 is 12.1 Å². The van der Waals surface area contributed by atoms with E-state index in [4.69, 9.17) is 0 Å². The number of carbonyl (C=O) groups is 1. The van der Waals surface area contributed by atoms with Crippen LogP contribution in [0.15, 0.2) is 48.5 Å². The van der Waals surface area contributed by atoms with E-state index in [2.05, 4.69) is 11.8 Å². The number of aryl methyl sites for hydroxylation is 1. The molecule has 148 valence electrons. The van der Waals surface area contributed by atoms with E-state index in [1.54, 1.807) is 29.6 Å². The van der Waals surface area contributed by atoms with Crippen LogP contribution in [0.2, 0.25) is 0 Å². The Morgan fingerprint density at radius 2 is 1.82 bits per heavy atom. The third-order valence-electron chi connectivity index (χ3n) is 4.24. The highest BCUT2D eigenvalue weighted by Crippen LogP contribution is 2.19. The molecule has 2 unspecified atom stereocenters. The molecule has 3 nitrogen and oxygen atoms in total. The van der Waals surface area contributed by atoms with Crippen molar-refractivity contribution in [2.24, 2.45) is 0 Å². The molecule has 6 heteroatoms. The minimum Gasteiger partial charge on any atom is -0.388 e. The van der Waals surface area contributed by atoms with Gasteiger partial charge in [0.1, 0.15) is 0 Å². The van der Waals surface area contributed by atoms with Crippen LogP contribution in [0.1, 0.15) is 47.6 Å². The van der Waals surface area contributed by atoms with Crippen molar-refractivity contribution in [3.05, 3.63) is 70.8 Å². The topological polar surface area (TPSA) is 49.3 Å². The van der Waals surface area contributed by atoms with Gasteiger partial charge in [0.25, 0.3) is 0 Å². The van der Waals surface area contributed by atoms with Gasteiger partial charge in [-0.2, -0.15) is 13.2 Å². The number of aliphatic hydroxyl groups excluding tert-OH is 1. The molecule has 0 heterocycles. The molecule has 2 aromatic carbocycles. The van der Waals surface area contributed by atoms with Gasteiger partial charge in [-0.3, -0.25) is 4.79 Å². The van der Waals surface area contributed by atoms with Crippen molar-refractivity contribution >= 4 is 5.91 Å². The molecule has 0 radical (unpaired) electrons. The first-order valence-electron chi connectivity index (χ1n) is 8.88. The second-order valence-corrected chi connectivity index (χ2v) is 6.59. The quantitative estimate of drug-likeness (QED) is 0.751. The molecule has 2 rings (SSSR count). The highest BCUT2D eigenvalue weighted by atomic mass is 19.4. The Balaban J connectivity index is 1.98. The minimum absolute atomic E-state index is 0.0293. The fourth-order valence-corrected chi connectivity index (χ4v) is 2.54. The zero-order valence-electron chi connectivity index (χ0n) is 15.7. The van der Waals surface area contributed by atoms with Crippen molar-refractivity contribution in [1.82, 2.24) is 5.32 Å². The molecule has 0 aromatic heterocycles. The Labute approximate surface area is 162 Å². The van der Waals surface area contributed by atoms with Crippen LogP contribution in [-0.4, -0.2) is 23.7 Å². The summed E-state index contributed by atoms with van der Waals surface area (Å²) in [5.74, 6) is 4.25. The molecule has 0 spiro atoms. The second kappa shape index (κ2) is 9.43. The average molecular weight is 389 g/mol. The smallest absolute Gasteiger partial charge is 0.388 e. The highest BCUT2D eigenvalue weighted by molar-refractivity contribution is 5.81. The SMILES string of the molecule is Cc1ccc(C(C)C#Cc2cccc(C(O)CCNC(=O)C(F)(F)F)c2)cc1. The van der Waals surface area contributed by atoms with Crippen LogP contribution in [0.25, 0.3) is 0 Å². The van der Waals surface area contributed by atoms with Gasteiger partial charge in [-0.1, -0.05) is 53.8 Å². The highest BCUT2D eigenvalue weighted by Gasteiger charge is 2.38. The van der Waals surface area contributed by atoms with Crippen molar-refractivity contribution in [3.63, 3.8) is 0 Å². The van der Waals surface area contributed by atoms with Crippen LogP contribution in [0.3, 0.4) is 0 Å². The summed E-state index contributed by atoms with van der Waals surface area (Å²) in [5.41, 5.74) is 3.53. The molecule has 0 bridgehead atoms. The number of carbonyl (C=O) groups excluding carboxylic acids is 1. The molecular formula is C22H22F3NO2. The van der Waals surface area contributed by atoms with Crippen molar-refractivity contribution in [2.45, 2.75) is 38.5 Å². The fraction of sp³-hybridized carbons (Fsp3) is 0.318. The number of halogens is 3. The molecule has 0 saturated carbocycles. The third kappa shape index (κ3) is 6.43. The number of aliphatic hydroxyl groups is 1. The average Bonchev–Trinajstić information content (AvgIpc) is 2.66. The molecule has 0 aliphatic heterocycles. The van der Waals surface area contributed by atoms with Crippen LogP contribution in [0.4, 0.5) is 13.2 Å². The van der Waals surface area contributed by atoms with Gasteiger partial charge in [0.2, 0.25) is 0 Å². The number of benzene rings is 2. The fourth-order valence-electron chi connectivity index (χ4n) is 2.54. The van der Waals surface area contributed by atoms with Gasteiger partial charge in [0.05, 0.1) is 6.10 Å². The first-order valence-corrected chi connectivity index (χ1v) is 8.88. The maximum absolute atomic E-state index is 12.2. The monoisotopic (exact) mass is 389 g/mol. The van der Waals surface area contributed by atoms with E-state index >= 15 is 0 Å². The normalized spacial score (nSPS) is 13.2. The number of amides is 1. The van der Waals surface area contributed by atoms with Gasteiger partial charge in [-0.25, -0.2) is 0 Å². The van der Waals surface area contributed by atoms with Gasteiger partial charge in [0.15, 0.2) is 0 Å². The first kappa shape index (κ1) is 21.5. The van der Waals surface area contributed by atoms with Crippen molar-refractivity contribution in [1.29, 1.82) is 0 Å². The number of nitrogens with one attached hydrogen (secondary N) is 1. The lowest BCUT2D eigenvalue weighted by atomic mass is 9.99. The summed E-state index contributed by atoms with van der Waals surface area (Å²) in [6.45, 7) is 3.74. The molecule has 0 saturated heterocycles. The molecule has 28 heavy (non-hydrogen) atoms. The molecule has 0 fully saturated rings. The van der Waals surface area contributed by atoms with E-state index in [1.165, 1.54) is 5.56 Å². The zero-order chi connectivity index (χ0) is 20.7. The summed E-state index contributed by atoms with van der Waals surface area (Å²) in [4.78, 5) is 10.8. The Hall–Kier alpha value is -2.78. The second-order valence-electron chi connectivity index (χ2n) is 6.59. The lowest BCUT2D eigenvalue weighted by molar-refractivity contribution is -0.173. The molecule has 2 aromatic rings. The number of hydrogen-bond acceptors (Lipinski definition) is 2. The molecule has 0 aliphatic rings. The minimum atomic E-state index is -4.92. The van der Waals surface area contributed by atoms with Gasteiger partial charge in [-0.15, -0.1) is 0 Å². The van der Waals surface area contributed by atoms with E-state index in [0.717, 1.165) is 5.56 Å². The standard InChI is InChI=1S/C22H22F3NO2/c1-15-6-10-18(11-7-15)16(2)8-9-17-4-3-5-19(14-17)20(27)12-13-26-21(28)22(23,24)25/h3-7,10-11,14,16,20,27H,12-13H2,1-2H3,(H,26,28). The van der Waals surface area contributed by atoms with Crippen molar-refractivity contribution in [3.8, 4) is 11.8 Å². The molecule has 1 amide bonds. The van der Waals surface area contributed by atoms with E-state index in [-0.39, 0.29) is 18.9 Å². The van der Waals surface area contributed by atoms with Gasteiger partial charge in [-0.05, 0) is 43.5 Å². The van der Waals surface area contributed by atoms with Crippen molar-refractivity contribution < 1.29 is 23.1 Å². The van der Waals surface area contributed by atoms with Crippen LogP contribution in [0.5, 0.6) is 0 Å². The van der Waals surface area contributed by atoms with E-state index < -0.39 is 18.2 Å². The lowest BCUT2D eigenvalue weighted by Gasteiger charge is -2.13. The Morgan fingerprint density at radius 1 is 1.14 bits per heavy atom. The van der Waals surface area contributed by atoms with E-state index in [0.29, 0.717) is 11.1 Å². The lowest BCUT2D eigenvalue weighted by Crippen LogP contribution is -2.37. The predicted molar refractivity (Wildman–Crippen MR) is 102 cm³/mol. The third-order valence-corrected chi connectivity index (χ3v) is 4.24. The summed E-state index contributed by atoms with van der Waals surface area (Å²) < 4.78 is 36.5. The molecule has 0 aliphatic carbocycles. The van der Waals surface area contributed by atoms with Crippen LogP contribution in [0, 0.1) is 18.8 Å². The first-order chi connectivity index (χ1) is 13.2. The summed E-state index contributed by atoms with van der Waals surface area (Å²) in [6.07, 6.45) is -5.95. The Bertz CT molecular complexity index is 864. The number of rotatable bonds is 5. The Kier molecular flexibility index (Phi) is 7.24. The Morgan fingerprint density at radius 3 is 2.46 bits per heavy atom. The maximum atomic E-state index is 12.2. The van der Waals surface area contributed by atoms with E-state index in [1.807, 2.05) is 38.1 Å². The van der Waals surface area contributed by atoms with Gasteiger partial charge in [0, 0.05) is 18.0 Å². The van der Waals surface area contributed by atoms with Crippen LogP contribution >= 0.6 is 0 Å². The molecular weight excluding hydrogens is 367 g/mol. The maximum Gasteiger partial charge on any atom is 0.471 e. The van der Waals surface area contributed by atoms with Gasteiger partial charge < -0.3 is 10.4 Å². The summed E-state index contributed by atoms with van der Waals surface area (Å²) in [7, 11) is 0. The number of alkyl halides is 3. The zero-order valence-corrected chi connectivity index (χ0v) is 15.7. The largest absolute Gasteiger partial charge is 0.471 e. The summed E-state index contributed by atoms with van der Waals surface area (Å²) in [6, 6.07) is 15.0. The van der Waals surface area contributed by atoms with Crippen LogP contribution in [-0.2, 0) is 4.79 Å². The predicted octanol–water partition coefficient (Wildman–Crippen LogP) is 4.25. The van der Waals surface area contributed by atoms with E-state index in [9.17, 15) is 23.1 Å². The molecule has 2 N–H and O–H groups in total. The summed E-state index contributed by atoms with van der Waals surface area (Å²) >= 11 is 0. The molecule has 2 atom stereocenters. The summed E-state index contributed by atoms with van der Waals surface area (Å²) in [5, 5.41) is 11.9.